The van der Waals surface area contributed by atoms with Crippen molar-refractivity contribution in [3.63, 3.8) is 0 Å². The summed E-state index contributed by atoms with van der Waals surface area (Å²) in [5.74, 6) is 0.126. The quantitative estimate of drug-likeness (QED) is 0.661. The first-order valence-electron chi connectivity index (χ1n) is 4.28. The number of Topliss-reactive ketones (excluding diaryl/α,β-unsaturated/α-hetero) is 1. The van der Waals surface area contributed by atoms with E-state index < -0.39 is 0 Å². The van der Waals surface area contributed by atoms with Crippen LogP contribution in [-0.4, -0.2) is 10.8 Å². The Balaban J connectivity index is 2.80. The van der Waals surface area contributed by atoms with E-state index in [4.69, 9.17) is 0 Å². The molecule has 2 nitrogen and oxygen atoms in total. The van der Waals surface area contributed by atoms with Crippen molar-refractivity contribution in [3.05, 3.63) is 35.5 Å². The molecule has 0 atom stereocenters. The monoisotopic (exact) mass is 173 g/mol. The van der Waals surface area contributed by atoms with Gasteiger partial charge in [-0.25, -0.2) is 0 Å². The van der Waals surface area contributed by atoms with E-state index in [-0.39, 0.29) is 5.78 Å². The van der Waals surface area contributed by atoms with Crippen molar-refractivity contribution in [2.45, 2.75) is 13.8 Å². The largest absolute Gasteiger partial charge is 0.361 e. The standard InChI is InChI=1S/C11H11NO/c1-7-9(8(2)13)3-4-11-10(7)5-6-12-11/h3-6,12H,1-2H3. The summed E-state index contributed by atoms with van der Waals surface area (Å²) in [6.45, 7) is 3.58. The Morgan fingerprint density at radius 2 is 2.08 bits per heavy atom. The number of H-pyrrole nitrogens is 1. The van der Waals surface area contributed by atoms with Crippen LogP contribution in [0.2, 0.25) is 0 Å². The van der Waals surface area contributed by atoms with E-state index in [0.717, 1.165) is 22.0 Å². The summed E-state index contributed by atoms with van der Waals surface area (Å²) >= 11 is 0. The highest BCUT2D eigenvalue weighted by molar-refractivity contribution is 6.00. The molecule has 0 saturated heterocycles. The Kier molecular flexibility index (Phi) is 1.69. The molecule has 0 aliphatic heterocycles. The van der Waals surface area contributed by atoms with E-state index in [0.29, 0.717) is 0 Å². The summed E-state index contributed by atoms with van der Waals surface area (Å²) in [6.07, 6.45) is 1.89. The SMILES string of the molecule is CC(=O)c1ccc2[nH]ccc2c1C. The Hall–Kier alpha value is -1.57. The number of aryl methyl sites for hydroxylation is 1. The van der Waals surface area contributed by atoms with Gasteiger partial charge in [0.25, 0.3) is 0 Å². The molecule has 0 unspecified atom stereocenters. The second-order valence-electron chi connectivity index (χ2n) is 3.23. The van der Waals surface area contributed by atoms with E-state index in [1.165, 1.54) is 0 Å². The van der Waals surface area contributed by atoms with Gasteiger partial charge in [-0.1, -0.05) is 0 Å². The predicted octanol–water partition coefficient (Wildman–Crippen LogP) is 2.68. The van der Waals surface area contributed by atoms with Gasteiger partial charge in [0.1, 0.15) is 0 Å². The van der Waals surface area contributed by atoms with Gasteiger partial charge in [0, 0.05) is 22.7 Å². The first kappa shape index (κ1) is 8.05. The van der Waals surface area contributed by atoms with Gasteiger partial charge in [0.15, 0.2) is 5.78 Å². The number of fused-ring (bicyclic) bond motifs is 1. The Bertz CT molecular complexity index is 468. The summed E-state index contributed by atoms with van der Waals surface area (Å²) in [6, 6.07) is 5.81. The minimum Gasteiger partial charge on any atom is -0.361 e. The molecule has 1 aromatic carbocycles. The van der Waals surface area contributed by atoms with Gasteiger partial charge in [-0.05, 0) is 37.6 Å². The van der Waals surface area contributed by atoms with Crippen LogP contribution in [0.4, 0.5) is 0 Å². The molecule has 0 saturated carbocycles. The lowest BCUT2D eigenvalue weighted by atomic mass is 10.0. The number of nitrogens with one attached hydrogen (secondary N) is 1. The number of aromatic nitrogens is 1. The van der Waals surface area contributed by atoms with E-state index >= 15 is 0 Å². The first-order valence-corrected chi connectivity index (χ1v) is 4.28. The molecule has 0 radical (unpaired) electrons. The molecule has 0 aliphatic rings. The van der Waals surface area contributed by atoms with Crippen LogP contribution in [0.5, 0.6) is 0 Å². The topological polar surface area (TPSA) is 32.9 Å². The van der Waals surface area contributed by atoms with Crippen molar-refractivity contribution in [2.24, 2.45) is 0 Å². The lowest BCUT2D eigenvalue weighted by molar-refractivity contribution is 0.101. The van der Waals surface area contributed by atoms with Crippen molar-refractivity contribution >= 4 is 16.7 Å². The van der Waals surface area contributed by atoms with Gasteiger partial charge < -0.3 is 4.98 Å². The van der Waals surface area contributed by atoms with E-state index in [1.54, 1.807) is 6.92 Å². The molecule has 2 aromatic rings. The molecule has 66 valence electrons. The average molecular weight is 173 g/mol. The fraction of sp³-hybridized carbons (Fsp3) is 0.182. The number of aromatic amines is 1. The number of ketones is 1. The van der Waals surface area contributed by atoms with E-state index in [1.807, 2.05) is 31.3 Å². The highest BCUT2D eigenvalue weighted by Crippen LogP contribution is 2.20. The number of benzene rings is 1. The lowest BCUT2D eigenvalue weighted by Crippen LogP contribution is -1.95. The molecule has 1 N–H and O–H groups in total. The van der Waals surface area contributed by atoms with Crippen LogP contribution in [0, 0.1) is 6.92 Å². The summed E-state index contributed by atoms with van der Waals surface area (Å²) in [4.78, 5) is 14.3. The third kappa shape index (κ3) is 1.15. The average Bonchev–Trinajstić information content (AvgIpc) is 2.52. The number of rotatable bonds is 1. The van der Waals surface area contributed by atoms with Crippen LogP contribution in [0.3, 0.4) is 0 Å². The summed E-state index contributed by atoms with van der Waals surface area (Å²) in [5.41, 5.74) is 2.96. The first-order chi connectivity index (χ1) is 6.20. The zero-order valence-electron chi connectivity index (χ0n) is 7.72. The third-order valence-corrected chi connectivity index (χ3v) is 2.38. The maximum Gasteiger partial charge on any atom is 0.160 e. The van der Waals surface area contributed by atoms with Crippen LogP contribution < -0.4 is 0 Å². The highest BCUT2D eigenvalue weighted by Gasteiger charge is 2.06. The van der Waals surface area contributed by atoms with E-state index in [2.05, 4.69) is 4.98 Å². The third-order valence-electron chi connectivity index (χ3n) is 2.38. The molecule has 1 heterocycles. The Morgan fingerprint density at radius 3 is 2.77 bits per heavy atom. The molecule has 0 bridgehead atoms. The van der Waals surface area contributed by atoms with Crippen LogP contribution in [0.25, 0.3) is 10.9 Å². The molecule has 2 rings (SSSR count). The Morgan fingerprint density at radius 1 is 1.31 bits per heavy atom. The predicted molar refractivity (Wildman–Crippen MR) is 53.0 cm³/mol. The van der Waals surface area contributed by atoms with Gasteiger partial charge in [0.05, 0.1) is 0 Å². The van der Waals surface area contributed by atoms with Crippen molar-refractivity contribution in [1.29, 1.82) is 0 Å². The molecule has 1 aromatic heterocycles. The molecule has 0 fully saturated rings. The number of carbonyl (C=O) groups excluding carboxylic acids is 1. The van der Waals surface area contributed by atoms with Crippen LogP contribution in [0.1, 0.15) is 22.8 Å². The highest BCUT2D eigenvalue weighted by atomic mass is 16.1. The molecule has 0 aliphatic carbocycles. The fourth-order valence-corrected chi connectivity index (χ4v) is 1.67. The fourth-order valence-electron chi connectivity index (χ4n) is 1.67. The van der Waals surface area contributed by atoms with Crippen molar-refractivity contribution in [1.82, 2.24) is 4.98 Å². The minimum atomic E-state index is 0.126. The molecule has 0 spiro atoms. The number of hydrogen-bond acceptors (Lipinski definition) is 1. The zero-order chi connectivity index (χ0) is 9.42. The number of hydrogen-bond donors (Lipinski definition) is 1. The summed E-state index contributed by atoms with van der Waals surface area (Å²) < 4.78 is 0. The smallest absolute Gasteiger partial charge is 0.160 e. The zero-order valence-corrected chi connectivity index (χ0v) is 7.72. The van der Waals surface area contributed by atoms with E-state index in [9.17, 15) is 4.79 Å². The lowest BCUT2D eigenvalue weighted by Gasteiger charge is -2.02. The molecule has 2 heteroatoms. The molecular formula is C11H11NO. The van der Waals surface area contributed by atoms with Gasteiger partial charge in [-0.15, -0.1) is 0 Å². The molecule has 0 amide bonds. The molecule has 13 heavy (non-hydrogen) atoms. The van der Waals surface area contributed by atoms with Crippen LogP contribution >= 0.6 is 0 Å². The maximum absolute atomic E-state index is 11.2. The van der Waals surface area contributed by atoms with Gasteiger partial charge in [-0.3, -0.25) is 4.79 Å². The van der Waals surface area contributed by atoms with Gasteiger partial charge in [-0.2, -0.15) is 0 Å². The second kappa shape index (κ2) is 2.73. The molecular weight excluding hydrogens is 162 g/mol. The second-order valence-corrected chi connectivity index (χ2v) is 3.23. The normalized spacial score (nSPS) is 10.6. The summed E-state index contributed by atoms with van der Waals surface area (Å²) in [5, 5.41) is 1.13. The maximum atomic E-state index is 11.2. The van der Waals surface area contributed by atoms with Gasteiger partial charge in [0.2, 0.25) is 0 Å². The van der Waals surface area contributed by atoms with Crippen molar-refractivity contribution < 1.29 is 4.79 Å². The Labute approximate surface area is 76.6 Å². The minimum absolute atomic E-state index is 0.126. The van der Waals surface area contributed by atoms with Crippen LogP contribution in [0.15, 0.2) is 24.4 Å². The number of carbonyl (C=O) groups is 1. The van der Waals surface area contributed by atoms with Crippen molar-refractivity contribution in [2.75, 3.05) is 0 Å². The van der Waals surface area contributed by atoms with Gasteiger partial charge >= 0.3 is 0 Å². The van der Waals surface area contributed by atoms with Crippen LogP contribution in [-0.2, 0) is 0 Å². The summed E-state index contributed by atoms with van der Waals surface area (Å²) in [7, 11) is 0. The van der Waals surface area contributed by atoms with Crippen molar-refractivity contribution in [3.8, 4) is 0 Å².